The predicted molar refractivity (Wildman–Crippen MR) is 580 cm³/mol. The van der Waals surface area contributed by atoms with Crippen LogP contribution in [0.3, 0.4) is 0 Å². The Kier molecular flexibility index (Phi) is 29.4. The van der Waals surface area contributed by atoms with Crippen molar-refractivity contribution >= 4 is 167 Å². The first-order valence-electron chi connectivity index (χ1n) is 46.8. The normalized spacial score (nSPS) is 13.1. The Balaban J connectivity index is 0.000000113. The minimum atomic E-state index is -3.35. The van der Waals surface area contributed by atoms with Crippen LogP contribution in [0.15, 0.2) is 500 Å². The number of ketones is 1. The highest BCUT2D eigenvalue weighted by atomic mass is 32.2. The monoisotopic (exact) mass is 1910 g/mol. The maximum atomic E-state index is 13.4. The van der Waals surface area contributed by atoms with Crippen LogP contribution in [0.1, 0.15) is 64.5 Å². The third-order valence-electron chi connectivity index (χ3n) is 24.6. The molecule has 0 unspecified atom stereocenters. The first kappa shape index (κ1) is 93.8. The van der Waals surface area contributed by atoms with Crippen molar-refractivity contribution in [3.63, 3.8) is 0 Å². The highest BCUT2D eigenvalue weighted by Crippen LogP contribution is 2.45. The number of carbonyl (C=O) groups is 3. The molecule has 0 spiro atoms. The summed E-state index contributed by atoms with van der Waals surface area (Å²) in [5.41, 5.74) is 23.5. The van der Waals surface area contributed by atoms with Gasteiger partial charge in [-0.05, 0) is 152 Å². The second kappa shape index (κ2) is 44.5. The molecular formula is C123H101N10O6S3+5. The maximum Gasteiger partial charge on any atom is 0.345 e. The van der Waals surface area contributed by atoms with Crippen molar-refractivity contribution < 1.29 is 50.4 Å². The van der Waals surface area contributed by atoms with Crippen molar-refractivity contribution in [1.29, 1.82) is 0 Å². The van der Waals surface area contributed by atoms with Gasteiger partial charge in [0.25, 0.3) is 0 Å². The Hall–Kier alpha value is -17.2. The Morgan fingerprint density at radius 3 is 0.873 bits per heavy atom. The van der Waals surface area contributed by atoms with Gasteiger partial charge in [0.1, 0.15) is 5.75 Å². The molecule has 0 radical (unpaired) electrons. The van der Waals surface area contributed by atoms with Crippen LogP contribution in [0.4, 0.5) is 85.3 Å². The number of anilines is 10. The molecule has 0 saturated carbocycles. The summed E-state index contributed by atoms with van der Waals surface area (Å²) in [6, 6.07) is 161. The van der Waals surface area contributed by atoms with Crippen LogP contribution >= 0.6 is 23.5 Å². The predicted octanol–water partition coefficient (Wildman–Crippen LogP) is 27.3. The Morgan fingerprint density at radius 1 is 0.268 bits per heavy atom. The number of para-hydroxylation sites is 16. The van der Waals surface area contributed by atoms with E-state index in [-0.39, 0.29) is 16.9 Å². The quantitative estimate of drug-likeness (QED) is 0.0350. The number of fused-ring (bicyclic) bond motifs is 5. The summed E-state index contributed by atoms with van der Waals surface area (Å²) in [6.45, 7) is 3.16. The SMILES string of the molecule is C1=[N+](c2ccccc2)CN(c2ccccc2)c2c1cccc2Sc1ccccc1.CS(=O)(=O)c1cccc2c1N(c1ccccc1)C[N+](c1ccccc1)=C2.CSC(=O)c1cccc2c1N(c1ccccc1)C[N+](c1ccccc1)=C2.O=C(Oc1ccccc1)c1cccc2c1N(c1ccccc1)C[N+](c1ccccc1)=C2.O=C(c1ccccc1)c1cccc2c1N(c1ccccc1)C[N+](c1ccccc1)=C2. The maximum absolute atomic E-state index is 13.4. The molecule has 0 aromatic heterocycles. The van der Waals surface area contributed by atoms with E-state index in [1.165, 1.54) is 50.4 Å². The summed E-state index contributed by atoms with van der Waals surface area (Å²) in [7, 11) is -3.35. The van der Waals surface area contributed by atoms with E-state index < -0.39 is 9.84 Å². The molecule has 142 heavy (non-hydrogen) atoms. The molecule has 5 aliphatic heterocycles. The van der Waals surface area contributed by atoms with Gasteiger partial charge in [0.15, 0.2) is 46.7 Å². The van der Waals surface area contributed by atoms with Crippen molar-refractivity contribution in [2.75, 3.05) is 70.4 Å². The van der Waals surface area contributed by atoms with Crippen LogP contribution in [0.5, 0.6) is 5.75 Å². The number of esters is 1. The Morgan fingerprint density at radius 2 is 0.528 bits per heavy atom. The molecule has 692 valence electrons. The lowest BCUT2D eigenvalue weighted by molar-refractivity contribution is -0.434. The van der Waals surface area contributed by atoms with Crippen molar-refractivity contribution in [2.24, 2.45) is 0 Å². The van der Waals surface area contributed by atoms with Crippen molar-refractivity contribution in [1.82, 2.24) is 0 Å². The van der Waals surface area contributed by atoms with E-state index in [0.717, 1.165) is 103 Å². The van der Waals surface area contributed by atoms with Crippen molar-refractivity contribution in [3.8, 4) is 5.75 Å². The average Bonchev–Trinajstić information content (AvgIpc) is 0.768. The minimum Gasteiger partial charge on any atom is -0.423 e. The molecule has 0 fully saturated rings. The van der Waals surface area contributed by atoms with Crippen LogP contribution in [0.25, 0.3) is 0 Å². The van der Waals surface area contributed by atoms with Gasteiger partial charge in [0, 0.05) is 116 Å². The summed E-state index contributed by atoms with van der Waals surface area (Å²) >= 11 is 3.07. The fraction of sp³-hybridized carbons (Fsp3) is 0.0569. The van der Waals surface area contributed by atoms with Gasteiger partial charge in [0.05, 0.1) is 72.3 Å². The van der Waals surface area contributed by atoms with Crippen LogP contribution in [-0.4, -0.2) is 125 Å². The number of benzene rings is 18. The third kappa shape index (κ3) is 21.8. The van der Waals surface area contributed by atoms with Crippen LogP contribution in [0, 0.1) is 0 Å². The highest BCUT2D eigenvalue weighted by molar-refractivity contribution is 8.13. The van der Waals surface area contributed by atoms with E-state index in [2.05, 4.69) is 266 Å². The van der Waals surface area contributed by atoms with Gasteiger partial charge in [-0.15, -0.1) is 0 Å². The van der Waals surface area contributed by atoms with E-state index in [0.29, 0.717) is 54.0 Å². The molecule has 16 nitrogen and oxygen atoms in total. The van der Waals surface area contributed by atoms with Gasteiger partial charge in [-0.2, -0.15) is 22.9 Å². The van der Waals surface area contributed by atoms with Crippen molar-refractivity contribution in [2.45, 2.75) is 14.7 Å². The van der Waals surface area contributed by atoms with E-state index in [4.69, 9.17) is 4.74 Å². The molecule has 0 amide bonds. The summed E-state index contributed by atoms with van der Waals surface area (Å²) in [5, 5.41) is 0.0874. The fourth-order valence-corrected chi connectivity index (χ4v) is 20.2. The smallest absolute Gasteiger partial charge is 0.345 e. The van der Waals surface area contributed by atoms with Gasteiger partial charge in [-0.3, -0.25) is 34.1 Å². The second-order valence-corrected chi connectivity index (χ2v) is 37.8. The number of rotatable bonds is 18. The zero-order valence-electron chi connectivity index (χ0n) is 78.3. The molecule has 0 saturated heterocycles. The molecule has 0 bridgehead atoms. The molecule has 5 aliphatic rings. The zero-order chi connectivity index (χ0) is 96.9. The van der Waals surface area contributed by atoms with Gasteiger partial charge < -0.3 is 4.74 Å². The van der Waals surface area contributed by atoms with E-state index >= 15 is 0 Å². The largest absolute Gasteiger partial charge is 0.423 e. The summed E-state index contributed by atoms with van der Waals surface area (Å²) in [5.74, 6) is 0.197. The molecule has 5 heterocycles. The van der Waals surface area contributed by atoms with Gasteiger partial charge >= 0.3 is 5.97 Å². The van der Waals surface area contributed by atoms with Crippen LogP contribution < -0.4 is 29.2 Å². The van der Waals surface area contributed by atoms with Crippen molar-refractivity contribution in [3.05, 3.63) is 535 Å². The average molecular weight is 1910 g/mol. The molecule has 18 aromatic carbocycles. The van der Waals surface area contributed by atoms with Gasteiger partial charge in [-0.25, -0.2) is 13.2 Å². The van der Waals surface area contributed by atoms with E-state index in [1.54, 1.807) is 24.3 Å². The number of nitrogens with zero attached hydrogens (tertiary/aromatic N) is 10. The summed E-state index contributed by atoms with van der Waals surface area (Å²) in [4.78, 5) is 53.0. The topological polar surface area (TPSA) is 126 Å². The molecule has 0 N–H and O–H groups in total. The summed E-state index contributed by atoms with van der Waals surface area (Å²) < 4.78 is 41.5. The van der Waals surface area contributed by atoms with Crippen LogP contribution in [-0.2, 0) is 9.84 Å². The highest BCUT2D eigenvalue weighted by Gasteiger charge is 2.37. The van der Waals surface area contributed by atoms with E-state index in [1.807, 2.05) is 291 Å². The lowest BCUT2D eigenvalue weighted by atomic mass is 9.97. The van der Waals surface area contributed by atoms with E-state index in [9.17, 15) is 22.8 Å². The minimum absolute atomic E-state index is 0.0370. The van der Waals surface area contributed by atoms with Gasteiger partial charge in [0.2, 0.25) is 66.9 Å². The molecule has 23 rings (SSSR count). The molecular weight excluding hydrogens is 1810 g/mol. The number of thioether (sulfide) groups is 1. The lowest BCUT2D eigenvalue weighted by Gasteiger charge is -2.29. The first-order valence-corrected chi connectivity index (χ1v) is 50.7. The summed E-state index contributed by atoms with van der Waals surface area (Å²) in [6.07, 6.45) is 13.7. The number of hydrogen-bond donors (Lipinski definition) is 0. The number of ether oxygens (including phenoxy) is 1. The van der Waals surface area contributed by atoms with Crippen LogP contribution in [0.2, 0.25) is 0 Å². The molecule has 18 aromatic rings. The number of sulfone groups is 1. The van der Waals surface area contributed by atoms with Gasteiger partial charge in [-0.1, -0.05) is 303 Å². The molecule has 0 atom stereocenters. The lowest BCUT2D eigenvalue weighted by Crippen LogP contribution is -2.33. The Labute approximate surface area is 837 Å². The standard InChI is InChI=1S/C27H21N2O2.C27H21N2O.C26H21N2S.C22H19N2OS.C21H19N2O2S/c30-27(31-24-16-8-3-9-17-24)25-18-10-11-21-19-28(22-12-4-1-5-13-22)20-29(26(21)25)23-14-6-2-7-15-23;30-27(21-11-4-1-5-12-21)25-18-10-13-22-19-28(23-14-6-2-7-15-23)20-29(26(22)25)24-16-8-3-9-17-24;1-4-12-22(13-5-1)27-19-21-11-10-18-25(29-24-16-8-3-9-17-24)26(21)28(20-27)23-14-6-2-7-15-23;1-26-22(25)20-14-8-9-17-15-23(18-10-4-2-5-11-18)16-24(21(17)20)19-12-6-3-7-13-19;1-26(24,25)20-14-8-9-17-15-22(18-10-4-2-5-11-18)16-23(21(17)20)19-12-6-3-7-13-19/h1-19H,20H2;1-19H,20H2;1-19H,20H2;2*2-15H,16H2,1H3/q5*+1. The molecule has 0 aliphatic carbocycles. The zero-order valence-corrected chi connectivity index (χ0v) is 80.7. The Bertz CT molecular complexity index is 7790. The molecule has 19 heteroatoms. The second-order valence-electron chi connectivity index (χ2n) is 33.9. The first-order chi connectivity index (χ1) is 69.8. The fourth-order valence-electron chi connectivity index (χ4n) is 17.9. The number of hydrogen-bond acceptors (Lipinski definition) is 13. The number of carbonyl (C=O) groups excluding carboxylic acids is 3. The third-order valence-corrected chi connectivity index (χ3v) is 27.3.